The van der Waals surface area contributed by atoms with E-state index in [2.05, 4.69) is 63.3 Å². The van der Waals surface area contributed by atoms with Crippen LogP contribution >= 0.6 is 11.8 Å². The number of benzene rings is 1. The van der Waals surface area contributed by atoms with Crippen LogP contribution in [0.3, 0.4) is 0 Å². The second-order valence-corrected chi connectivity index (χ2v) is 6.37. The van der Waals surface area contributed by atoms with Gasteiger partial charge >= 0.3 is 0 Å². The van der Waals surface area contributed by atoms with E-state index in [0.717, 1.165) is 18.4 Å². The van der Waals surface area contributed by atoms with Crippen LogP contribution in [0.1, 0.15) is 34.1 Å². The van der Waals surface area contributed by atoms with Crippen molar-refractivity contribution in [2.24, 2.45) is 11.8 Å². The molecule has 1 N–H and O–H groups in total. The molecule has 0 saturated heterocycles. The summed E-state index contributed by atoms with van der Waals surface area (Å²) in [7, 11) is 0. The largest absolute Gasteiger partial charge is 0.314 e. The molecule has 0 aliphatic heterocycles. The Hall–Kier alpha value is -0.470. The second kappa shape index (κ2) is 8.60. The molecule has 102 valence electrons. The highest BCUT2D eigenvalue weighted by Crippen LogP contribution is 2.25. The molecule has 0 amide bonds. The Kier molecular flexibility index (Phi) is 7.45. The zero-order chi connectivity index (χ0) is 13.4. The smallest absolute Gasteiger partial charge is 0.00719 e. The first kappa shape index (κ1) is 15.6. The molecule has 0 aliphatic rings. The van der Waals surface area contributed by atoms with Gasteiger partial charge in [-0.2, -0.15) is 0 Å². The quantitative estimate of drug-likeness (QED) is 0.697. The van der Waals surface area contributed by atoms with Crippen LogP contribution in [0, 0.1) is 11.8 Å². The summed E-state index contributed by atoms with van der Waals surface area (Å²) < 4.78 is 0. The first-order valence-electron chi connectivity index (χ1n) is 7.06. The number of nitrogens with one attached hydrogen (secondary N) is 1. The number of hydrogen-bond donors (Lipinski definition) is 1. The molecule has 0 aliphatic carbocycles. The predicted molar refractivity (Wildman–Crippen MR) is 83.2 cm³/mol. The molecule has 1 aromatic carbocycles. The maximum Gasteiger partial charge on any atom is 0.00719 e. The fourth-order valence-corrected chi connectivity index (χ4v) is 3.44. The molecule has 0 bridgehead atoms. The molecule has 0 spiro atoms. The minimum Gasteiger partial charge on any atom is -0.314 e. The van der Waals surface area contributed by atoms with E-state index in [9.17, 15) is 0 Å². The van der Waals surface area contributed by atoms with Gasteiger partial charge in [0.2, 0.25) is 0 Å². The van der Waals surface area contributed by atoms with Gasteiger partial charge in [-0.15, -0.1) is 11.8 Å². The minimum absolute atomic E-state index is 0.617. The lowest BCUT2D eigenvalue weighted by Crippen LogP contribution is -2.36. The minimum atomic E-state index is 0.617. The van der Waals surface area contributed by atoms with Crippen LogP contribution in [-0.4, -0.2) is 18.3 Å². The van der Waals surface area contributed by atoms with Gasteiger partial charge in [-0.1, -0.05) is 39.0 Å². The average molecular weight is 265 g/mol. The molecule has 0 heterocycles. The zero-order valence-electron chi connectivity index (χ0n) is 12.1. The molecule has 1 nitrogen and oxygen atoms in total. The summed E-state index contributed by atoms with van der Waals surface area (Å²) in [6.45, 7) is 10.3. The lowest BCUT2D eigenvalue weighted by Gasteiger charge is -2.28. The van der Waals surface area contributed by atoms with E-state index >= 15 is 0 Å². The van der Waals surface area contributed by atoms with Crippen molar-refractivity contribution in [2.45, 2.75) is 45.1 Å². The summed E-state index contributed by atoms with van der Waals surface area (Å²) >= 11 is 1.97. The van der Waals surface area contributed by atoms with Crippen LogP contribution < -0.4 is 5.32 Å². The van der Waals surface area contributed by atoms with Gasteiger partial charge in [0.15, 0.2) is 0 Å². The predicted octanol–water partition coefficient (Wildman–Crippen LogP) is 4.44. The van der Waals surface area contributed by atoms with Crippen LogP contribution in [0.5, 0.6) is 0 Å². The van der Waals surface area contributed by atoms with Gasteiger partial charge in [0.1, 0.15) is 0 Å². The Morgan fingerprint density at radius 2 is 1.78 bits per heavy atom. The summed E-state index contributed by atoms with van der Waals surface area (Å²) in [4.78, 5) is 1.39. The van der Waals surface area contributed by atoms with Gasteiger partial charge < -0.3 is 5.32 Å². The third kappa shape index (κ3) is 5.45. The van der Waals surface area contributed by atoms with Crippen LogP contribution in [0.2, 0.25) is 0 Å². The Balaban J connectivity index is 2.38. The van der Waals surface area contributed by atoms with Crippen molar-refractivity contribution in [2.75, 3.05) is 12.3 Å². The fourth-order valence-electron chi connectivity index (χ4n) is 2.46. The van der Waals surface area contributed by atoms with Crippen LogP contribution in [0.4, 0.5) is 0 Å². The summed E-state index contributed by atoms with van der Waals surface area (Å²) in [5.74, 6) is 2.72. The average Bonchev–Trinajstić information content (AvgIpc) is 2.35. The van der Waals surface area contributed by atoms with E-state index in [0.29, 0.717) is 6.04 Å². The Bertz CT molecular complexity index is 310. The van der Waals surface area contributed by atoms with Gasteiger partial charge in [-0.05, 0) is 49.6 Å². The van der Waals surface area contributed by atoms with Crippen molar-refractivity contribution < 1.29 is 0 Å². The van der Waals surface area contributed by atoms with Crippen molar-refractivity contribution in [3.63, 3.8) is 0 Å². The van der Waals surface area contributed by atoms with Gasteiger partial charge in [0.25, 0.3) is 0 Å². The highest BCUT2D eigenvalue weighted by Gasteiger charge is 2.19. The molecule has 0 saturated carbocycles. The molecular weight excluding hydrogens is 238 g/mol. The SMILES string of the molecule is CCNC(C)C(CCSc1ccccc1)C(C)C. The van der Waals surface area contributed by atoms with Crippen molar-refractivity contribution in [1.82, 2.24) is 5.32 Å². The molecule has 0 aromatic heterocycles. The first-order valence-corrected chi connectivity index (χ1v) is 8.05. The molecule has 0 radical (unpaired) electrons. The van der Waals surface area contributed by atoms with Crippen molar-refractivity contribution in [3.05, 3.63) is 30.3 Å². The molecule has 2 atom stereocenters. The molecule has 0 fully saturated rings. The first-order chi connectivity index (χ1) is 8.65. The van der Waals surface area contributed by atoms with Crippen LogP contribution in [0.15, 0.2) is 35.2 Å². The maximum atomic E-state index is 3.57. The molecule has 1 aromatic rings. The summed E-state index contributed by atoms with van der Waals surface area (Å²) in [5.41, 5.74) is 0. The number of hydrogen-bond acceptors (Lipinski definition) is 2. The van der Waals surface area contributed by atoms with E-state index in [1.54, 1.807) is 0 Å². The van der Waals surface area contributed by atoms with E-state index in [4.69, 9.17) is 0 Å². The maximum absolute atomic E-state index is 3.57. The number of rotatable bonds is 8. The Morgan fingerprint density at radius 3 is 2.33 bits per heavy atom. The normalized spacial score (nSPS) is 14.7. The highest BCUT2D eigenvalue weighted by molar-refractivity contribution is 7.99. The van der Waals surface area contributed by atoms with E-state index in [1.165, 1.54) is 17.1 Å². The standard InChI is InChI=1S/C16H27NS/c1-5-17-14(4)16(13(2)3)11-12-18-15-9-7-6-8-10-15/h6-10,13-14,16-17H,5,11-12H2,1-4H3. The summed E-state index contributed by atoms with van der Waals surface area (Å²) in [5, 5.41) is 3.57. The second-order valence-electron chi connectivity index (χ2n) is 5.20. The zero-order valence-corrected chi connectivity index (χ0v) is 13.0. The summed E-state index contributed by atoms with van der Waals surface area (Å²) in [6.07, 6.45) is 1.28. The molecule has 1 rings (SSSR count). The Morgan fingerprint density at radius 1 is 1.11 bits per heavy atom. The molecular formula is C16H27NS. The van der Waals surface area contributed by atoms with E-state index < -0.39 is 0 Å². The topological polar surface area (TPSA) is 12.0 Å². The van der Waals surface area contributed by atoms with Gasteiger partial charge in [-0.3, -0.25) is 0 Å². The molecule has 2 unspecified atom stereocenters. The highest BCUT2D eigenvalue weighted by atomic mass is 32.2. The van der Waals surface area contributed by atoms with Gasteiger partial charge in [-0.25, -0.2) is 0 Å². The lowest BCUT2D eigenvalue weighted by atomic mass is 9.87. The van der Waals surface area contributed by atoms with Crippen LogP contribution in [0.25, 0.3) is 0 Å². The van der Waals surface area contributed by atoms with Crippen molar-refractivity contribution in [3.8, 4) is 0 Å². The monoisotopic (exact) mass is 265 g/mol. The van der Waals surface area contributed by atoms with E-state index in [1.807, 2.05) is 11.8 Å². The van der Waals surface area contributed by atoms with E-state index in [-0.39, 0.29) is 0 Å². The van der Waals surface area contributed by atoms with Crippen LogP contribution in [-0.2, 0) is 0 Å². The van der Waals surface area contributed by atoms with Gasteiger partial charge in [0.05, 0.1) is 0 Å². The number of thioether (sulfide) groups is 1. The molecule has 2 heteroatoms. The van der Waals surface area contributed by atoms with Crippen molar-refractivity contribution in [1.29, 1.82) is 0 Å². The van der Waals surface area contributed by atoms with Crippen molar-refractivity contribution >= 4 is 11.8 Å². The van der Waals surface area contributed by atoms with Gasteiger partial charge in [0, 0.05) is 10.9 Å². The summed E-state index contributed by atoms with van der Waals surface area (Å²) in [6, 6.07) is 11.3. The molecule has 18 heavy (non-hydrogen) atoms. The Labute approximate surface area is 117 Å². The third-order valence-corrected chi connectivity index (χ3v) is 4.53. The lowest BCUT2D eigenvalue weighted by molar-refractivity contribution is 0.287. The third-order valence-electron chi connectivity index (χ3n) is 3.49. The fraction of sp³-hybridized carbons (Fsp3) is 0.625.